The average Bonchev–Trinajstić information content (AvgIpc) is 3.06. The van der Waals surface area contributed by atoms with Crippen LogP contribution < -0.4 is 5.32 Å². The van der Waals surface area contributed by atoms with Gasteiger partial charge in [-0.15, -0.1) is 11.3 Å². The van der Waals surface area contributed by atoms with Crippen LogP contribution in [-0.2, 0) is 11.2 Å². The van der Waals surface area contributed by atoms with Gasteiger partial charge in [0, 0.05) is 23.9 Å². The Hall–Kier alpha value is -1.62. The molecule has 0 spiro atoms. The summed E-state index contributed by atoms with van der Waals surface area (Å²) in [4.78, 5) is 16.6. The quantitative estimate of drug-likeness (QED) is 0.844. The molecule has 114 valence electrons. The van der Waals surface area contributed by atoms with Crippen molar-refractivity contribution in [3.8, 4) is 0 Å². The number of carbonyl (C=O) groups excluding carboxylic acids is 1. The minimum Gasteiger partial charge on any atom is -0.469 e. The summed E-state index contributed by atoms with van der Waals surface area (Å²) < 4.78 is 5.25. The Kier molecular flexibility index (Phi) is 5.56. The van der Waals surface area contributed by atoms with Crippen molar-refractivity contribution in [3.63, 3.8) is 0 Å². The van der Waals surface area contributed by atoms with Gasteiger partial charge in [0.05, 0.1) is 12.3 Å². The van der Waals surface area contributed by atoms with Crippen LogP contribution in [0.15, 0.2) is 28.2 Å². The van der Waals surface area contributed by atoms with Crippen LogP contribution in [0, 0.1) is 12.8 Å². The van der Waals surface area contributed by atoms with Crippen molar-refractivity contribution in [3.05, 3.63) is 40.2 Å². The molecule has 21 heavy (non-hydrogen) atoms. The Morgan fingerprint density at radius 1 is 1.48 bits per heavy atom. The third kappa shape index (κ3) is 5.01. The van der Waals surface area contributed by atoms with Crippen LogP contribution in [0.5, 0.6) is 0 Å². The van der Waals surface area contributed by atoms with E-state index in [1.54, 1.807) is 17.6 Å². The van der Waals surface area contributed by atoms with Crippen LogP contribution in [-0.4, -0.2) is 10.9 Å². The minimum absolute atomic E-state index is 0.00722. The van der Waals surface area contributed by atoms with Crippen molar-refractivity contribution >= 4 is 17.2 Å². The summed E-state index contributed by atoms with van der Waals surface area (Å²) in [5, 5.41) is 6.13. The van der Waals surface area contributed by atoms with E-state index in [9.17, 15) is 4.79 Å². The van der Waals surface area contributed by atoms with E-state index in [2.05, 4.69) is 24.1 Å². The maximum Gasteiger partial charge on any atom is 0.221 e. The van der Waals surface area contributed by atoms with Crippen LogP contribution in [0.25, 0.3) is 0 Å². The molecule has 0 aromatic carbocycles. The second-order valence-corrected chi connectivity index (χ2v) is 6.55. The van der Waals surface area contributed by atoms with E-state index < -0.39 is 0 Å². The summed E-state index contributed by atoms with van der Waals surface area (Å²) in [5.74, 6) is 1.39. The summed E-state index contributed by atoms with van der Waals surface area (Å²) >= 11 is 1.61. The minimum atomic E-state index is 0.00722. The van der Waals surface area contributed by atoms with Gasteiger partial charge in [0.2, 0.25) is 5.91 Å². The first-order valence-corrected chi connectivity index (χ1v) is 8.16. The lowest BCUT2D eigenvalue weighted by Gasteiger charge is -2.18. The molecule has 2 aromatic rings. The molecule has 0 bridgehead atoms. The van der Waals surface area contributed by atoms with Gasteiger partial charge in [0.25, 0.3) is 0 Å². The molecule has 1 unspecified atom stereocenters. The normalized spacial score (nSPS) is 12.6. The van der Waals surface area contributed by atoms with Crippen LogP contribution in [0.3, 0.4) is 0 Å². The number of amides is 1. The Labute approximate surface area is 129 Å². The average molecular weight is 306 g/mol. The zero-order valence-corrected chi connectivity index (χ0v) is 13.6. The van der Waals surface area contributed by atoms with Crippen molar-refractivity contribution in [2.24, 2.45) is 5.92 Å². The SMILES string of the molecule is Cc1csc(C(CC(C)C)NC(=O)CCc2ccco2)n1. The number of carbonyl (C=O) groups is 1. The van der Waals surface area contributed by atoms with Gasteiger partial charge in [-0.1, -0.05) is 13.8 Å². The molecule has 1 atom stereocenters. The summed E-state index contributed by atoms with van der Waals surface area (Å²) in [5.41, 5.74) is 1.01. The molecule has 0 aliphatic carbocycles. The van der Waals surface area contributed by atoms with E-state index in [1.807, 2.05) is 24.4 Å². The number of furan rings is 1. The predicted octanol–water partition coefficient (Wildman–Crippen LogP) is 3.88. The molecule has 0 fully saturated rings. The molecule has 0 aliphatic heterocycles. The molecule has 2 heterocycles. The van der Waals surface area contributed by atoms with Crippen LogP contribution >= 0.6 is 11.3 Å². The smallest absolute Gasteiger partial charge is 0.221 e. The van der Waals surface area contributed by atoms with E-state index in [1.165, 1.54) is 0 Å². The highest BCUT2D eigenvalue weighted by Gasteiger charge is 2.19. The molecular formula is C16H22N2O2S. The Morgan fingerprint density at radius 3 is 2.86 bits per heavy atom. The van der Waals surface area contributed by atoms with E-state index in [4.69, 9.17) is 4.42 Å². The lowest BCUT2D eigenvalue weighted by atomic mass is 10.0. The second-order valence-electron chi connectivity index (χ2n) is 5.66. The van der Waals surface area contributed by atoms with Gasteiger partial charge in [-0.25, -0.2) is 4.98 Å². The number of aromatic nitrogens is 1. The zero-order valence-electron chi connectivity index (χ0n) is 12.8. The zero-order chi connectivity index (χ0) is 15.2. The lowest BCUT2D eigenvalue weighted by Crippen LogP contribution is -2.29. The van der Waals surface area contributed by atoms with Crippen molar-refractivity contribution in [2.45, 2.75) is 46.1 Å². The molecular weight excluding hydrogens is 284 g/mol. The van der Waals surface area contributed by atoms with Crippen molar-refractivity contribution < 1.29 is 9.21 Å². The van der Waals surface area contributed by atoms with E-state index in [-0.39, 0.29) is 11.9 Å². The number of rotatable bonds is 7. The first-order chi connectivity index (χ1) is 10.0. The monoisotopic (exact) mass is 306 g/mol. The molecule has 1 N–H and O–H groups in total. The topological polar surface area (TPSA) is 55.1 Å². The number of hydrogen-bond donors (Lipinski definition) is 1. The van der Waals surface area contributed by atoms with Crippen LogP contribution in [0.1, 0.15) is 49.2 Å². The Morgan fingerprint density at radius 2 is 2.29 bits per heavy atom. The van der Waals surface area contributed by atoms with E-state index in [0.717, 1.165) is 22.9 Å². The molecule has 0 saturated heterocycles. The lowest BCUT2D eigenvalue weighted by molar-refractivity contribution is -0.122. The van der Waals surface area contributed by atoms with Gasteiger partial charge >= 0.3 is 0 Å². The molecule has 5 heteroatoms. The van der Waals surface area contributed by atoms with Gasteiger partial charge < -0.3 is 9.73 Å². The molecule has 0 radical (unpaired) electrons. The highest BCUT2D eigenvalue weighted by molar-refractivity contribution is 7.09. The Balaban J connectivity index is 1.92. The van der Waals surface area contributed by atoms with Crippen LogP contribution in [0.2, 0.25) is 0 Å². The summed E-state index contributed by atoms with van der Waals surface area (Å²) in [6.45, 7) is 6.29. The number of hydrogen-bond acceptors (Lipinski definition) is 4. The van der Waals surface area contributed by atoms with Gasteiger partial charge in [-0.2, -0.15) is 0 Å². The van der Waals surface area contributed by atoms with Gasteiger partial charge in [0.1, 0.15) is 10.8 Å². The standard InChI is InChI=1S/C16H22N2O2S/c1-11(2)9-14(16-17-12(3)10-21-16)18-15(19)7-6-13-5-4-8-20-13/h4-5,8,10-11,14H,6-7,9H2,1-3H3,(H,18,19). The second kappa shape index (κ2) is 7.41. The summed E-state index contributed by atoms with van der Waals surface area (Å²) in [6, 6.07) is 3.74. The fourth-order valence-electron chi connectivity index (χ4n) is 2.18. The van der Waals surface area contributed by atoms with Gasteiger partial charge in [-0.05, 0) is 31.4 Å². The summed E-state index contributed by atoms with van der Waals surface area (Å²) in [7, 11) is 0. The largest absolute Gasteiger partial charge is 0.469 e. The molecule has 0 saturated carbocycles. The van der Waals surface area contributed by atoms with Gasteiger partial charge in [-0.3, -0.25) is 4.79 Å². The maximum atomic E-state index is 12.1. The highest BCUT2D eigenvalue weighted by atomic mass is 32.1. The first-order valence-electron chi connectivity index (χ1n) is 7.28. The van der Waals surface area contributed by atoms with Crippen molar-refractivity contribution in [2.75, 3.05) is 0 Å². The third-order valence-corrected chi connectivity index (χ3v) is 4.23. The number of nitrogens with zero attached hydrogens (tertiary/aromatic N) is 1. The fourth-order valence-corrected chi connectivity index (χ4v) is 3.04. The van der Waals surface area contributed by atoms with E-state index in [0.29, 0.717) is 18.8 Å². The van der Waals surface area contributed by atoms with Crippen molar-refractivity contribution in [1.82, 2.24) is 10.3 Å². The first kappa shape index (κ1) is 15.8. The predicted molar refractivity (Wildman–Crippen MR) is 84.2 cm³/mol. The molecule has 4 nitrogen and oxygen atoms in total. The number of nitrogens with one attached hydrogen (secondary N) is 1. The molecule has 2 aromatic heterocycles. The number of thiazole rings is 1. The third-order valence-electron chi connectivity index (χ3n) is 3.16. The fraction of sp³-hybridized carbons (Fsp3) is 0.500. The molecule has 2 rings (SSSR count). The maximum absolute atomic E-state index is 12.1. The highest BCUT2D eigenvalue weighted by Crippen LogP contribution is 2.24. The molecule has 0 aliphatic rings. The van der Waals surface area contributed by atoms with Crippen molar-refractivity contribution in [1.29, 1.82) is 0 Å². The van der Waals surface area contributed by atoms with Crippen LogP contribution in [0.4, 0.5) is 0 Å². The molecule has 1 amide bonds. The Bertz CT molecular complexity index is 561. The summed E-state index contributed by atoms with van der Waals surface area (Å²) in [6.07, 6.45) is 3.60. The van der Waals surface area contributed by atoms with Gasteiger partial charge in [0.15, 0.2) is 0 Å². The van der Waals surface area contributed by atoms with E-state index >= 15 is 0 Å². The number of aryl methyl sites for hydroxylation is 2.